The molecule has 1 aromatic heterocycles. The van der Waals surface area contributed by atoms with Crippen molar-refractivity contribution in [2.24, 2.45) is 5.73 Å². The van der Waals surface area contributed by atoms with Crippen molar-refractivity contribution in [1.82, 2.24) is 9.88 Å². The summed E-state index contributed by atoms with van der Waals surface area (Å²) < 4.78 is 2.28. The van der Waals surface area contributed by atoms with Gasteiger partial charge in [0.25, 0.3) is 5.91 Å². The summed E-state index contributed by atoms with van der Waals surface area (Å²) >= 11 is 0. The normalized spacial score (nSPS) is 16.0. The number of primary amides is 1. The van der Waals surface area contributed by atoms with Gasteiger partial charge in [-0.15, -0.1) is 0 Å². The number of benzene rings is 3. The van der Waals surface area contributed by atoms with Crippen LogP contribution in [0.15, 0.2) is 66.7 Å². The maximum absolute atomic E-state index is 12.8. The summed E-state index contributed by atoms with van der Waals surface area (Å²) in [6.07, 6.45) is -0.479. The van der Waals surface area contributed by atoms with Crippen molar-refractivity contribution in [2.45, 2.75) is 19.6 Å². The van der Waals surface area contributed by atoms with Crippen LogP contribution in [-0.4, -0.2) is 22.9 Å². The van der Waals surface area contributed by atoms with Gasteiger partial charge in [0, 0.05) is 28.4 Å². The Balaban J connectivity index is 1.69. The molecule has 0 saturated carbocycles. The van der Waals surface area contributed by atoms with Crippen LogP contribution in [0.1, 0.15) is 29.0 Å². The van der Waals surface area contributed by atoms with Crippen LogP contribution in [-0.2, 0) is 11.3 Å². The highest BCUT2D eigenvalue weighted by Gasteiger charge is 2.32. The van der Waals surface area contributed by atoms with E-state index in [-0.39, 0.29) is 12.5 Å². The van der Waals surface area contributed by atoms with Gasteiger partial charge in [-0.3, -0.25) is 9.59 Å². The Morgan fingerprint density at radius 3 is 2.53 bits per heavy atom. The number of hydrogen-bond donors (Lipinski definition) is 2. The van der Waals surface area contributed by atoms with Crippen molar-refractivity contribution in [3.63, 3.8) is 0 Å². The second-order valence-electron chi connectivity index (χ2n) is 7.53. The van der Waals surface area contributed by atoms with Crippen LogP contribution in [0.3, 0.4) is 0 Å². The van der Waals surface area contributed by atoms with Crippen molar-refractivity contribution < 1.29 is 9.59 Å². The van der Waals surface area contributed by atoms with E-state index in [0.717, 1.165) is 23.0 Å². The molecule has 0 spiro atoms. The molecule has 1 aliphatic rings. The average molecular weight is 398 g/mol. The fraction of sp³-hybridized carbons (Fsp3) is 0.167. The number of amides is 2. The lowest BCUT2D eigenvalue weighted by atomic mass is 10.0. The molecule has 0 aliphatic carbocycles. The lowest BCUT2D eigenvalue weighted by Gasteiger charge is -2.38. The Hall–Kier alpha value is -3.80. The molecule has 3 aromatic carbocycles. The Morgan fingerprint density at radius 1 is 1.00 bits per heavy atom. The monoisotopic (exact) mass is 398 g/mol. The van der Waals surface area contributed by atoms with Gasteiger partial charge >= 0.3 is 0 Å². The number of aryl methyl sites for hydroxylation is 1. The van der Waals surface area contributed by atoms with E-state index in [2.05, 4.69) is 41.1 Å². The SMILES string of the molecule is CCn1c2ccccc2c2cc([C@@H]3NC(=O)c4ccccc4N3CC(N)=O)ccc21. The molecule has 6 nitrogen and oxygen atoms in total. The first-order chi connectivity index (χ1) is 14.6. The summed E-state index contributed by atoms with van der Waals surface area (Å²) in [5.41, 5.74) is 10.0. The smallest absolute Gasteiger partial charge is 0.255 e. The highest BCUT2D eigenvalue weighted by atomic mass is 16.2. The van der Waals surface area contributed by atoms with Gasteiger partial charge in [-0.05, 0) is 42.8 Å². The van der Waals surface area contributed by atoms with Crippen LogP contribution in [0.25, 0.3) is 21.8 Å². The molecule has 1 aliphatic heterocycles. The summed E-state index contributed by atoms with van der Waals surface area (Å²) in [4.78, 5) is 26.5. The standard InChI is InChI=1S/C24H22N4O2/c1-2-27-19-9-5-3-7-16(19)18-13-15(11-12-21(18)27)23-26-24(30)17-8-4-6-10-20(17)28(23)14-22(25)29/h3-13,23H,2,14H2,1H3,(H2,25,29)(H,26,30)/t23-/m1/s1. The molecule has 2 amide bonds. The number of hydrogen-bond acceptors (Lipinski definition) is 3. The first-order valence-electron chi connectivity index (χ1n) is 10.0. The minimum Gasteiger partial charge on any atom is -0.368 e. The van der Waals surface area contributed by atoms with Gasteiger partial charge in [0.15, 0.2) is 0 Å². The number of carbonyl (C=O) groups is 2. The van der Waals surface area contributed by atoms with Crippen molar-refractivity contribution in [1.29, 1.82) is 0 Å². The number of anilines is 1. The lowest BCUT2D eigenvalue weighted by Crippen LogP contribution is -2.49. The van der Waals surface area contributed by atoms with Gasteiger partial charge in [-0.2, -0.15) is 0 Å². The molecule has 3 N–H and O–H groups in total. The van der Waals surface area contributed by atoms with E-state index in [0.29, 0.717) is 11.3 Å². The summed E-state index contributed by atoms with van der Waals surface area (Å²) in [5, 5.41) is 5.34. The number of nitrogens with one attached hydrogen (secondary N) is 1. The summed E-state index contributed by atoms with van der Waals surface area (Å²) in [5.74, 6) is -0.609. The Kier molecular flexibility index (Phi) is 4.20. The van der Waals surface area contributed by atoms with Gasteiger partial charge in [0.1, 0.15) is 6.17 Å². The fourth-order valence-corrected chi connectivity index (χ4v) is 4.52. The number of para-hydroxylation sites is 2. The number of fused-ring (bicyclic) bond motifs is 4. The average Bonchev–Trinajstić information content (AvgIpc) is 3.08. The largest absolute Gasteiger partial charge is 0.368 e. The molecular formula is C24H22N4O2. The van der Waals surface area contributed by atoms with Crippen molar-refractivity contribution in [3.05, 3.63) is 77.9 Å². The molecular weight excluding hydrogens is 376 g/mol. The van der Waals surface area contributed by atoms with Crippen LogP contribution in [0.4, 0.5) is 5.69 Å². The van der Waals surface area contributed by atoms with Crippen LogP contribution in [0, 0.1) is 0 Å². The van der Waals surface area contributed by atoms with Crippen LogP contribution < -0.4 is 16.0 Å². The van der Waals surface area contributed by atoms with Gasteiger partial charge in [0.2, 0.25) is 5.91 Å². The first kappa shape index (κ1) is 18.2. The summed E-state index contributed by atoms with van der Waals surface area (Å²) in [6, 6.07) is 21.8. The zero-order valence-electron chi connectivity index (χ0n) is 16.6. The van der Waals surface area contributed by atoms with Crippen molar-refractivity contribution >= 4 is 39.3 Å². The maximum Gasteiger partial charge on any atom is 0.255 e. The first-order valence-corrected chi connectivity index (χ1v) is 10.0. The number of nitrogens with zero attached hydrogens (tertiary/aromatic N) is 2. The number of nitrogens with two attached hydrogens (primary N) is 1. The molecule has 0 saturated heterocycles. The molecule has 150 valence electrons. The minimum atomic E-state index is -0.479. The highest BCUT2D eigenvalue weighted by molar-refractivity contribution is 6.08. The molecule has 1 atom stereocenters. The third-order valence-corrected chi connectivity index (χ3v) is 5.79. The Morgan fingerprint density at radius 2 is 1.73 bits per heavy atom. The van der Waals surface area contributed by atoms with Crippen molar-refractivity contribution in [3.8, 4) is 0 Å². The minimum absolute atomic E-state index is 0.0106. The second kappa shape index (κ2) is 6.91. The third kappa shape index (κ3) is 2.72. The predicted octanol–water partition coefficient (Wildman–Crippen LogP) is 3.55. The number of carbonyl (C=O) groups excluding carboxylic acids is 2. The zero-order chi connectivity index (χ0) is 20.8. The lowest BCUT2D eigenvalue weighted by molar-refractivity contribution is -0.116. The van der Waals surface area contributed by atoms with E-state index in [1.807, 2.05) is 41.3 Å². The molecule has 5 rings (SSSR count). The molecule has 0 unspecified atom stereocenters. The summed E-state index contributed by atoms with van der Waals surface area (Å²) in [6.45, 7) is 3.01. The van der Waals surface area contributed by atoms with Crippen LogP contribution in [0.5, 0.6) is 0 Å². The molecule has 0 fully saturated rings. The maximum atomic E-state index is 12.8. The molecule has 2 heterocycles. The number of rotatable bonds is 4. The molecule has 6 heteroatoms. The Bertz CT molecular complexity index is 1310. The van der Waals surface area contributed by atoms with Gasteiger partial charge in [-0.25, -0.2) is 0 Å². The van der Waals surface area contributed by atoms with Gasteiger partial charge in [0.05, 0.1) is 17.8 Å². The summed E-state index contributed by atoms with van der Waals surface area (Å²) in [7, 11) is 0. The van der Waals surface area contributed by atoms with Gasteiger partial charge in [-0.1, -0.05) is 36.4 Å². The molecule has 0 bridgehead atoms. The van der Waals surface area contributed by atoms with E-state index in [1.165, 1.54) is 10.9 Å². The zero-order valence-corrected chi connectivity index (χ0v) is 16.6. The van der Waals surface area contributed by atoms with Crippen LogP contribution >= 0.6 is 0 Å². The highest BCUT2D eigenvalue weighted by Crippen LogP contribution is 2.36. The Labute approximate surface area is 173 Å². The van der Waals surface area contributed by atoms with E-state index >= 15 is 0 Å². The molecule has 30 heavy (non-hydrogen) atoms. The topological polar surface area (TPSA) is 80.4 Å². The van der Waals surface area contributed by atoms with Crippen LogP contribution in [0.2, 0.25) is 0 Å². The number of aromatic nitrogens is 1. The predicted molar refractivity (Wildman–Crippen MR) is 118 cm³/mol. The quantitative estimate of drug-likeness (QED) is 0.552. The van der Waals surface area contributed by atoms with E-state index in [4.69, 9.17) is 5.73 Å². The molecule has 0 radical (unpaired) electrons. The van der Waals surface area contributed by atoms with Gasteiger partial charge < -0.3 is 20.5 Å². The van der Waals surface area contributed by atoms with Crippen molar-refractivity contribution in [2.75, 3.05) is 11.4 Å². The second-order valence-corrected chi connectivity index (χ2v) is 7.53. The third-order valence-electron chi connectivity index (χ3n) is 5.79. The van der Waals surface area contributed by atoms with E-state index < -0.39 is 12.1 Å². The van der Waals surface area contributed by atoms with E-state index in [1.54, 1.807) is 6.07 Å². The van der Waals surface area contributed by atoms with E-state index in [9.17, 15) is 9.59 Å². The fourth-order valence-electron chi connectivity index (χ4n) is 4.52. The molecule has 4 aromatic rings.